The first-order valence-electron chi connectivity index (χ1n) is 2.17. The van der Waals surface area contributed by atoms with E-state index >= 15 is 0 Å². The lowest BCUT2D eigenvalue weighted by Crippen LogP contribution is -2.06. The predicted molar refractivity (Wildman–Crippen MR) is 31.1 cm³/mol. The molecule has 0 atom stereocenters. The number of aliphatic hydroxyl groups excluding tert-OH is 1. The first-order valence-corrected chi connectivity index (χ1v) is 3.17. The van der Waals surface area contributed by atoms with Crippen LogP contribution in [0, 0.1) is 0 Å². The minimum atomic E-state index is 0.236. The van der Waals surface area contributed by atoms with Gasteiger partial charge in [0, 0.05) is 16.8 Å². The molecule has 0 radical (unpaired) electrons. The molecule has 0 aromatic rings. The summed E-state index contributed by atoms with van der Waals surface area (Å²) in [5.74, 6) is 0. The largest absolute Gasteiger partial charge is 0.396 e. The average Bonchev–Trinajstić information content (AvgIpc) is 1.35. The van der Waals surface area contributed by atoms with Gasteiger partial charge in [0.25, 0.3) is 0 Å². The maximum atomic E-state index is 8.44. The van der Waals surface area contributed by atoms with E-state index in [1.54, 1.807) is 0 Å². The molecule has 1 N–H and O–H groups in total. The molecule has 0 bridgehead atoms. The third-order valence-corrected chi connectivity index (χ3v) is 0.791. The van der Waals surface area contributed by atoms with Crippen LogP contribution in [0.3, 0.4) is 0 Å². The Morgan fingerprint density at radius 3 is 1.83 bits per heavy atom. The molecule has 0 saturated carbocycles. The fraction of sp³-hybridized carbons (Fsp3) is 1.00. The van der Waals surface area contributed by atoms with Gasteiger partial charge in [-0.05, 0) is 5.04 Å². The summed E-state index contributed by atoms with van der Waals surface area (Å²) in [4.78, 5) is 0. The molecular formula is C4H12OSi. The Balaban J connectivity index is 3.17. The van der Waals surface area contributed by atoms with E-state index < -0.39 is 0 Å². The van der Waals surface area contributed by atoms with Gasteiger partial charge in [0.2, 0.25) is 0 Å². The zero-order valence-electron chi connectivity index (χ0n) is 4.65. The SMILES string of the molecule is CC(C)([SiH3])CO. The van der Waals surface area contributed by atoms with Crippen LogP contribution < -0.4 is 0 Å². The first-order chi connectivity index (χ1) is 2.56. The number of rotatable bonds is 1. The van der Waals surface area contributed by atoms with Crippen LogP contribution in [-0.2, 0) is 0 Å². The second kappa shape index (κ2) is 1.75. The van der Waals surface area contributed by atoms with Gasteiger partial charge in [0.1, 0.15) is 0 Å². The van der Waals surface area contributed by atoms with Gasteiger partial charge >= 0.3 is 0 Å². The Hall–Kier alpha value is 0.177. The van der Waals surface area contributed by atoms with Crippen LogP contribution in [0.15, 0.2) is 0 Å². The Kier molecular flexibility index (Phi) is 1.81. The topological polar surface area (TPSA) is 20.2 Å². The van der Waals surface area contributed by atoms with Crippen molar-refractivity contribution in [2.75, 3.05) is 6.61 Å². The molecule has 0 fully saturated rings. The van der Waals surface area contributed by atoms with Crippen LogP contribution in [0.2, 0.25) is 5.04 Å². The van der Waals surface area contributed by atoms with E-state index in [1.807, 2.05) is 0 Å². The normalized spacial score (nSPS) is 12.5. The van der Waals surface area contributed by atoms with Gasteiger partial charge in [0.05, 0.1) is 0 Å². The summed E-state index contributed by atoms with van der Waals surface area (Å²) in [5, 5.41) is 8.67. The van der Waals surface area contributed by atoms with Crippen molar-refractivity contribution in [2.45, 2.75) is 18.9 Å². The molecule has 0 aliphatic rings. The number of hydrogen-bond donors (Lipinski definition) is 1. The molecule has 38 valence electrons. The maximum absolute atomic E-state index is 8.44. The average molecular weight is 104 g/mol. The van der Waals surface area contributed by atoms with Crippen molar-refractivity contribution in [3.05, 3.63) is 0 Å². The van der Waals surface area contributed by atoms with E-state index in [0.29, 0.717) is 6.61 Å². The van der Waals surface area contributed by atoms with Gasteiger partial charge in [-0.25, -0.2) is 0 Å². The third-order valence-electron chi connectivity index (χ3n) is 0.474. The van der Waals surface area contributed by atoms with Gasteiger partial charge in [-0.15, -0.1) is 0 Å². The quantitative estimate of drug-likeness (QED) is 0.446. The van der Waals surface area contributed by atoms with Crippen LogP contribution in [0.1, 0.15) is 13.8 Å². The minimum absolute atomic E-state index is 0.236. The molecule has 0 heterocycles. The molecule has 1 nitrogen and oxygen atoms in total. The molecule has 0 aliphatic carbocycles. The first kappa shape index (κ1) is 6.18. The number of aliphatic hydroxyl groups is 1. The summed E-state index contributed by atoms with van der Waals surface area (Å²) in [6, 6.07) is 0. The zero-order valence-corrected chi connectivity index (χ0v) is 6.65. The molecule has 0 unspecified atom stereocenters. The summed E-state index contributed by atoms with van der Waals surface area (Å²) < 4.78 is 0. The number of hydrogen-bond acceptors (Lipinski definition) is 1. The van der Waals surface area contributed by atoms with Crippen LogP contribution in [-0.4, -0.2) is 22.0 Å². The molecular weight excluding hydrogens is 92.1 g/mol. The lowest BCUT2D eigenvalue weighted by atomic mass is 10.2. The van der Waals surface area contributed by atoms with Crippen LogP contribution in [0.4, 0.5) is 0 Å². The highest BCUT2D eigenvalue weighted by Gasteiger charge is 2.05. The minimum Gasteiger partial charge on any atom is -0.396 e. The smallest absolute Gasteiger partial charge is 0.0449 e. The zero-order chi connectivity index (χ0) is 5.21. The Bertz CT molecular complexity index is 37.3. The van der Waals surface area contributed by atoms with Crippen LogP contribution >= 0.6 is 0 Å². The Morgan fingerprint density at radius 2 is 1.83 bits per heavy atom. The Labute approximate surface area is 41.8 Å². The molecule has 0 aromatic heterocycles. The molecule has 6 heavy (non-hydrogen) atoms. The fourth-order valence-electron chi connectivity index (χ4n) is 0. The second-order valence-electron chi connectivity index (χ2n) is 2.72. The summed E-state index contributed by atoms with van der Waals surface area (Å²) in [6.45, 7) is 4.44. The van der Waals surface area contributed by atoms with Crippen molar-refractivity contribution >= 4 is 10.2 Å². The van der Waals surface area contributed by atoms with Crippen molar-refractivity contribution < 1.29 is 5.11 Å². The monoisotopic (exact) mass is 104 g/mol. The van der Waals surface area contributed by atoms with Crippen molar-refractivity contribution in [1.29, 1.82) is 0 Å². The van der Waals surface area contributed by atoms with Crippen LogP contribution in [0.5, 0.6) is 0 Å². The molecule has 0 spiro atoms. The van der Waals surface area contributed by atoms with E-state index in [9.17, 15) is 0 Å². The summed E-state index contributed by atoms with van der Waals surface area (Å²) in [6.07, 6.45) is 0. The third kappa shape index (κ3) is 4.18. The van der Waals surface area contributed by atoms with Crippen molar-refractivity contribution in [3.8, 4) is 0 Å². The van der Waals surface area contributed by atoms with Gasteiger partial charge in [-0.3, -0.25) is 0 Å². The highest BCUT2D eigenvalue weighted by Crippen LogP contribution is 2.14. The lowest BCUT2D eigenvalue weighted by molar-refractivity contribution is 0.257. The highest BCUT2D eigenvalue weighted by molar-refractivity contribution is 6.14. The van der Waals surface area contributed by atoms with E-state index in [0.717, 1.165) is 10.2 Å². The standard InChI is InChI=1S/C4H12OSi/c1-4(2,6)3-5/h5H,3H2,1-2,6H3. The van der Waals surface area contributed by atoms with E-state index in [2.05, 4.69) is 13.8 Å². The second-order valence-corrected chi connectivity index (χ2v) is 5.43. The van der Waals surface area contributed by atoms with E-state index in [-0.39, 0.29) is 5.04 Å². The van der Waals surface area contributed by atoms with Crippen molar-refractivity contribution in [1.82, 2.24) is 0 Å². The summed E-state index contributed by atoms with van der Waals surface area (Å²) >= 11 is 0. The van der Waals surface area contributed by atoms with E-state index in [4.69, 9.17) is 5.11 Å². The molecule has 0 aromatic carbocycles. The van der Waals surface area contributed by atoms with Gasteiger partial charge < -0.3 is 5.11 Å². The van der Waals surface area contributed by atoms with Crippen LogP contribution in [0.25, 0.3) is 0 Å². The molecule has 0 amide bonds. The lowest BCUT2D eigenvalue weighted by Gasteiger charge is -2.11. The fourth-order valence-corrected chi connectivity index (χ4v) is 0. The summed E-state index contributed by atoms with van der Waals surface area (Å²) in [5.41, 5.74) is 0. The van der Waals surface area contributed by atoms with Gasteiger partial charge in [-0.1, -0.05) is 13.8 Å². The molecule has 2 heteroatoms. The maximum Gasteiger partial charge on any atom is 0.0449 e. The Morgan fingerprint density at radius 1 is 1.67 bits per heavy atom. The van der Waals surface area contributed by atoms with Crippen molar-refractivity contribution in [3.63, 3.8) is 0 Å². The van der Waals surface area contributed by atoms with Gasteiger partial charge in [0.15, 0.2) is 0 Å². The van der Waals surface area contributed by atoms with Crippen molar-refractivity contribution in [2.24, 2.45) is 0 Å². The van der Waals surface area contributed by atoms with Gasteiger partial charge in [-0.2, -0.15) is 0 Å². The highest BCUT2D eigenvalue weighted by atomic mass is 28.1. The van der Waals surface area contributed by atoms with E-state index in [1.165, 1.54) is 0 Å². The molecule has 0 rings (SSSR count). The summed E-state index contributed by atoms with van der Waals surface area (Å²) in [7, 11) is 1.08. The molecule has 0 saturated heterocycles. The predicted octanol–water partition coefficient (Wildman–Crippen LogP) is -0.457. The molecule has 0 aliphatic heterocycles.